The first-order valence-electron chi connectivity index (χ1n) is 14.8. The number of unbranched alkanes of at least 4 members (excludes halogenated alkanes) is 1. The topological polar surface area (TPSA) is 52.5 Å². The van der Waals surface area contributed by atoms with Gasteiger partial charge in [0.2, 0.25) is 0 Å². The lowest BCUT2D eigenvalue weighted by Gasteiger charge is -2.17. The van der Waals surface area contributed by atoms with Crippen LogP contribution in [0.15, 0.2) is 84.9 Å². The molecule has 0 aliphatic rings. The maximum absolute atomic E-state index is 13.5. The summed E-state index contributed by atoms with van der Waals surface area (Å²) in [4.78, 5) is 0. The van der Waals surface area contributed by atoms with Crippen molar-refractivity contribution < 1.29 is 8.78 Å². The molecule has 0 saturated carbocycles. The Kier molecular flexibility index (Phi) is 9.14. The fourth-order valence-corrected chi connectivity index (χ4v) is 5.64. The zero-order valence-corrected chi connectivity index (χ0v) is 24.4. The van der Waals surface area contributed by atoms with E-state index in [-0.39, 0.29) is 11.6 Å². The molecule has 214 valence electrons. The lowest BCUT2D eigenvalue weighted by molar-refractivity contribution is 0.401. The van der Waals surface area contributed by atoms with Gasteiger partial charge in [0, 0.05) is 28.4 Å². The molecule has 0 bridgehead atoms. The second-order valence-electron chi connectivity index (χ2n) is 10.9. The van der Waals surface area contributed by atoms with Gasteiger partial charge in [0.25, 0.3) is 0 Å². The van der Waals surface area contributed by atoms with Gasteiger partial charge < -0.3 is 4.57 Å². The van der Waals surface area contributed by atoms with Gasteiger partial charge in [-0.2, -0.15) is 10.5 Å². The molecule has 5 aromatic rings. The van der Waals surface area contributed by atoms with E-state index in [9.17, 15) is 19.3 Å². The smallest absolute Gasteiger partial charge is 0.123 e. The third kappa shape index (κ3) is 6.58. The second-order valence-corrected chi connectivity index (χ2v) is 10.9. The first-order valence-corrected chi connectivity index (χ1v) is 14.8. The molecule has 5 rings (SSSR count). The number of halogens is 2. The van der Waals surface area contributed by atoms with Crippen LogP contribution in [0.3, 0.4) is 0 Å². The van der Waals surface area contributed by atoms with E-state index in [0.29, 0.717) is 28.2 Å². The Bertz CT molecular complexity index is 1770. The normalized spacial score (nSPS) is 12.8. The highest BCUT2D eigenvalue weighted by Gasteiger charge is 2.16. The summed E-state index contributed by atoms with van der Waals surface area (Å²) in [6.45, 7) is 5.37. The number of rotatable bonds is 10. The average Bonchev–Trinajstić information content (AvgIpc) is 3.33. The summed E-state index contributed by atoms with van der Waals surface area (Å²) in [5.41, 5.74) is 6.19. The highest BCUT2D eigenvalue weighted by atomic mass is 19.1. The van der Waals surface area contributed by atoms with E-state index < -0.39 is 0 Å². The van der Waals surface area contributed by atoms with Crippen LogP contribution in [-0.4, -0.2) is 4.57 Å². The number of nitrogens with zero attached hydrogens (tertiary/aromatic N) is 3. The lowest BCUT2D eigenvalue weighted by atomic mass is 9.99. The van der Waals surface area contributed by atoms with Crippen molar-refractivity contribution in [2.24, 2.45) is 5.92 Å². The Labute approximate surface area is 251 Å². The molecular formula is C38H33F2N3. The van der Waals surface area contributed by atoms with Crippen LogP contribution in [0.4, 0.5) is 8.78 Å². The van der Waals surface area contributed by atoms with Crippen molar-refractivity contribution in [2.45, 2.75) is 46.1 Å². The van der Waals surface area contributed by atoms with Crippen molar-refractivity contribution in [3.8, 4) is 12.1 Å². The Morgan fingerprint density at radius 1 is 0.721 bits per heavy atom. The molecule has 0 amide bonds. The highest BCUT2D eigenvalue weighted by molar-refractivity contribution is 6.10. The van der Waals surface area contributed by atoms with Gasteiger partial charge in [0.05, 0.1) is 23.3 Å². The number of nitriles is 2. The minimum absolute atomic E-state index is 0.344. The van der Waals surface area contributed by atoms with Crippen LogP contribution < -0.4 is 0 Å². The van der Waals surface area contributed by atoms with Crippen LogP contribution >= 0.6 is 0 Å². The molecule has 0 radical (unpaired) electrons. The van der Waals surface area contributed by atoms with E-state index in [1.807, 2.05) is 24.3 Å². The molecule has 0 aliphatic carbocycles. The zero-order chi connectivity index (χ0) is 30.3. The molecule has 0 fully saturated rings. The van der Waals surface area contributed by atoms with E-state index in [1.165, 1.54) is 43.5 Å². The fraction of sp³-hybridized carbons (Fsp3) is 0.211. The summed E-state index contributed by atoms with van der Waals surface area (Å²) < 4.78 is 29.4. The molecule has 1 unspecified atom stereocenters. The van der Waals surface area contributed by atoms with Crippen molar-refractivity contribution >= 4 is 45.1 Å². The van der Waals surface area contributed by atoms with Crippen molar-refractivity contribution in [1.82, 2.24) is 4.57 Å². The Balaban J connectivity index is 1.65. The van der Waals surface area contributed by atoms with E-state index in [2.05, 4.69) is 54.8 Å². The molecule has 4 aromatic carbocycles. The standard InChI is InChI=1S/C38H33F2N3/c1-3-5-6-26(4-2)25-43-37-17-7-27(19-31(23-41)29-9-13-33(39)14-10-29)21-35(37)36-22-28(8-18-38(36)43)20-32(24-42)30-11-15-34(40)16-12-30/h7-22,26H,3-6,25H2,1-2H3/b31-19+,32-20+. The van der Waals surface area contributed by atoms with Crippen molar-refractivity contribution in [3.05, 3.63) is 119 Å². The van der Waals surface area contributed by atoms with Crippen LogP contribution in [0.5, 0.6) is 0 Å². The summed E-state index contributed by atoms with van der Waals surface area (Å²) >= 11 is 0. The summed E-state index contributed by atoms with van der Waals surface area (Å²) in [6.07, 6.45) is 8.28. The second kappa shape index (κ2) is 13.3. The summed E-state index contributed by atoms with van der Waals surface area (Å²) in [6, 6.07) is 28.9. The molecule has 5 heteroatoms. The van der Waals surface area contributed by atoms with E-state index in [1.54, 1.807) is 24.3 Å². The van der Waals surface area contributed by atoms with E-state index >= 15 is 0 Å². The maximum Gasteiger partial charge on any atom is 0.123 e. The van der Waals surface area contributed by atoms with Gasteiger partial charge in [-0.3, -0.25) is 0 Å². The van der Waals surface area contributed by atoms with Crippen molar-refractivity contribution in [3.63, 3.8) is 0 Å². The van der Waals surface area contributed by atoms with Gasteiger partial charge in [-0.25, -0.2) is 8.78 Å². The largest absolute Gasteiger partial charge is 0.340 e. The number of aromatic nitrogens is 1. The van der Waals surface area contributed by atoms with Gasteiger partial charge >= 0.3 is 0 Å². The van der Waals surface area contributed by atoms with Crippen LogP contribution in [0.2, 0.25) is 0 Å². The number of benzene rings is 4. The fourth-order valence-electron chi connectivity index (χ4n) is 5.64. The average molecular weight is 570 g/mol. The van der Waals surface area contributed by atoms with Gasteiger partial charge in [-0.1, -0.05) is 69.5 Å². The van der Waals surface area contributed by atoms with E-state index in [4.69, 9.17) is 0 Å². The quantitative estimate of drug-likeness (QED) is 0.124. The predicted octanol–water partition coefficient (Wildman–Crippen LogP) is 10.4. The third-order valence-electron chi connectivity index (χ3n) is 8.07. The number of hydrogen-bond acceptors (Lipinski definition) is 2. The molecule has 43 heavy (non-hydrogen) atoms. The number of hydrogen-bond donors (Lipinski definition) is 0. The summed E-state index contributed by atoms with van der Waals surface area (Å²) in [5.74, 6) is -0.142. The minimum Gasteiger partial charge on any atom is -0.340 e. The summed E-state index contributed by atoms with van der Waals surface area (Å²) in [5, 5.41) is 21.9. The molecule has 3 nitrogen and oxygen atoms in total. The SMILES string of the molecule is CCCCC(CC)Cn1c2ccc(/C=C(\C#N)c3ccc(F)cc3)cc2c2cc(/C=C(\C#N)c3ccc(F)cc3)ccc21. The minimum atomic E-state index is -0.344. The zero-order valence-electron chi connectivity index (χ0n) is 24.4. The molecule has 0 aliphatic heterocycles. The molecule has 1 heterocycles. The van der Waals surface area contributed by atoms with Gasteiger partial charge in [0.15, 0.2) is 0 Å². The maximum atomic E-state index is 13.5. The Morgan fingerprint density at radius 2 is 1.19 bits per heavy atom. The van der Waals surface area contributed by atoms with Crippen LogP contribution in [0.25, 0.3) is 45.1 Å². The van der Waals surface area contributed by atoms with Crippen molar-refractivity contribution in [1.29, 1.82) is 10.5 Å². The van der Waals surface area contributed by atoms with Gasteiger partial charge in [0.1, 0.15) is 11.6 Å². The van der Waals surface area contributed by atoms with Crippen LogP contribution in [-0.2, 0) is 6.54 Å². The molecule has 0 saturated heterocycles. The molecular weight excluding hydrogens is 536 g/mol. The Morgan fingerprint density at radius 3 is 1.58 bits per heavy atom. The first-order chi connectivity index (χ1) is 20.9. The highest BCUT2D eigenvalue weighted by Crippen LogP contribution is 2.34. The Hall–Kier alpha value is -5.00. The number of allylic oxidation sites excluding steroid dienone is 2. The monoisotopic (exact) mass is 569 g/mol. The van der Waals surface area contributed by atoms with Crippen molar-refractivity contribution in [2.75, 3.05) is 0 Å². The molecule has 0 spiro atoms. The number of fused-ring (bicyclic) bond motifs is 3. The van der Waals surface area contributed by atoms with Crippen LogP contribution in [0.1, 0.15) is 61.8 Å². The van der Waals surface area contributed by atoms with E-state index in [0.717, 1.165) is 45.9 Å². The molecule has 0 N–H and O–H groups in total. The summed E-state index contributed by atoms with van der Waals surface area (Å²) in [7, 11) is 0. The van der Waals surface area contributed by atoms with Gasteiger partial charge in [-0.05, 0) is 95.3 Å². The van der Waals surface area contributed by atoms with Gasteiger partial charge in [-0.15, -0.1) is 0 Å². The molecule has 1 atom stereocenters. The predicted molar refractivity (Wildman–Crippen MR) is 173 cm³/mol. The molecule has 1 aromatic heterocycles. The first kappa shape index (κ1) is 29.5. The van der Waals surface area contributed by atoms with Crippen LogP contribution in [0, 0.1) is 40.2 Å². The third-order valence-corrected chi connectivity index (χ3v) is 8.07. The lowest BCUT2D eigenvalue weighted by Crippen LogP contribution is -2.10.